The second-order valence-corrected chi connectivity index (χ2v) is 4.51. The van der Waals surface area contributed by atoms with Crippen LogP contribution >= 0.6 is 0 Å². The molecular weight excluding hydrogens is 214 g/mol. The fraction of sp³-hybridized carbons (Fsp3) is 0.429. The molecule has 0 atom stereocenters. The summed E-state index contributed by atoms with van der Waals surface area (Å²) in [5.41, 5.74) is 2.36. The Morgan fingerprint density at radius 1 is 1.35 bits per heavy atom. The molecule has 0 bridgehead atoms. The van der Waals surface area contributed by atoms with E-state index in [1.54, 1.807) is 7.11 Å². The highest BCUT2D eigenvalue weighted by molar-refractivity contribution is 5.85. The van der Waals surface area contributed by atoms with Crippen molar-refractivity contribution in [2.75, 3.05) is 13.7 Å². The van der Waals surface area contributed by atoms with Gasteiger partial charge in [0.2, 0.25) is 0 Å². The van der Waals surface area contributed by atoms with Gasteiger partial charge >= 0.3 is 0 Å². The quantitative estimate of drug-likeness (QED) is 0.881. The summed E-state index contributed by atoms with van der Waals surface area (Å²) >= 11 is 0. The molecule has 1 N–H and O–H groups in total. The highest BCUT2D eigenvalue weighted by atomic mass is 16.5. The molecule has 0 spiro atoms. The zero-order chi connectivity index (χ0) is 12.4. The summed E-state index contributed by atoms with van der Waals surface area (Å²) in [7, 11) is 1.68. The molecule has 2 aromatic rings. The maximum absolute atomic E-state index is 9.09. The molecule has 17 heavy (non-hydrogen) atoms. The van der Waals surface area contributed by atoms with Crippen molar-refractivity contribution in [3.63, 3.8) is 0 Å². The van der Waals surface area contributed by atoms with E-state index in [1.807, 2.05) is 6.07 Å². The molecule has 2 rings (SSSR count). The van der Waals surface area contributed by atoms with Gasteiger partial charge in [0, 0.05) is 30.3 Å². The molecule has 0 aliphatic carbocycles. The first-order valence-electron chi connectivity index (χ1n) is 5.95. The van der Waals surface area contributed by atoms with Gasteiger partial charge in [0.05, 0.1) is 12.6 Å². The molecule has 3 heteroatoms. The van der Waals surface area contributed by atoms with Gasteiger partial charge in [-0.05, 0) is 38.0 Å². The largest absolute Gasteiger partial charge is 0.497 e. The fourth-order valence-corrected chi connectivity index (χ4v) is 2.18. The number of methoxy groups -OCH3 is 1. The summed E-state index contributed by atoms with van der Waals surface area (Å²) in [6.45, 7) is 4.49. The zero-order valence-corrected chi connectivity index (χ0v) is 10.6. The van der Waals surface area contributed by atoms with Crippen molar-refractivity contribution in [3.05, 3.63) is 30.0 Å². The summed E-state index contributed by atoms with van der Waals surface area (Å²) < 4.78 is 7.49. The van der Waals surface area contributed by atoms with Crippen molar-refractivity contribution in [2.24, 2.45) is 0 Å². The Bertz CT molecular complexity index is 514. The summed E-state index contributed by atoms with van der Waals surface area (Å²) in [5, 5.41) is 10.3. The van der Waals surface area contributed by atoms with Gasteiger partial charge in [-0.3, -0.25) is 0 Å². The number of hydrogen-bond acceptors (Lipinski definition) is 2. The SMILES string of the molecule is COc1ccc2c(CCO)cn(C(C)C)c2c1. The Hall–Kier alpha value is -1.48. The first-order valence-corrected chi connectivity index (χ1v) is 5.95. The van der Waals surface area contributed by atoms with Crippen molar-refractivity contribution in [1.82, 2.24) is 4.57 Å². The maximum atomic E-state index is 9.09. The number of rotatable bonds is 4. The predicted molar refractivity (Wildman–Crippen MR) is 69.7 cm³/mol. The van der Waals surface area contributed by atoms with E-state index in [4.69, 9.17) is 9.84 Å². The minimum Gasteiger partial charge on any atom is -0.497 e. The van der Waals surface area contributed by atoms with Gasteiger partial charge in [-0.25, -0.2) is 0 Å². The van der Waals surface area contributed by atoms with E-state index in [2.05, 4.69) is 36.7 Å². The monoisotopic (exact) mass is 233 g/mol. The third-order valence-electron chi connectivity index (χ3n) is 3.06. The molecule has 3 nitrogen and oxygen atoms in total. The Kier molecular flexibility index (Phi) is 3.38. The molecule has 0 amide bonds. The van der Waals surface area contributed by atoms with Crippen LogP contribution in [-0.2, 0) is 6.42 Å². The molecule has 0 unspecified atom stereocenters. The van der Waals surface area contributed by atoms with Crippen LogP contribution in [0.4, 0.5) is 0 Å². The lowest BCUT2D eigenvalue weighted by Gasteiger charge is -2.09. The Morgan fingerprint density at radius 3 is 2.71 bits per heavy atom. The van der Waals surface area contributed by atoms with Crippen LogP contribution < -0.4 is 4.74 Å². The Balaban J connectivity index is 2.63. The third kappa shape index (κ3) is 2.15. The molecule has 1 aromatic heterocycles. The van der Waals surface area contributed by atoms with Gasteiger partial charge < -0.3 is 14.4 Å². The zero-order valence-electron chi connectivity index (χ0n) is 10.6. The first-order chi connectivity index (χ1) is 8.17. The van der Waals surface area contributed by atoms with E-state index in [1.165, 1.54) is 16.5 Å². The van der Waals surface area contributed by atoms with Crippen molar-refractivity contribution in [2.45, 2.75) is 26.3 Å². The van der Waals surface area contributed by atoms with Crippen LogP contribution in [0.25, 0.3) is 10.9 Å². The second kappa shape index (κ2) is 4.80. The number of fused-ring (bicyclic) bond motifs is 1. The van der Waals surface area contributed by atoms with Crippen molar-refractivity contribution < 1.29 is 9.84 Å². The molecular formula is C14H19NO2. The van der Waals surface area contributed by atoms with Crippen LogP contribution in [0.3, 0.4) is 0 Å². The number of ether oxygens (including phenoxy) is 1. The molecule has 0 aliphatic heterocycles. The molecule has 1 aromatic carbocycles. The van der Waals surface area contributed by atoms with Crippen molar-refractivity contribution >= 4 is 10.9 Å². The van der Waals surface area contributed by atoms with E-state index in [0.29, 0.717) is 12.5 Å². The van der Waals surface area contributed by atoms with E-state index in [0.717, 1.165) is 5.75 Å². The van der Waals surface area contributed by atoms with Crippen LogP contribution in [0, 0.1) is 0 Å². The lowest BCUT2D eigenvalue weighted by atomic mass is 10.1. The third-order valence-corrected chi connectivity index (χ3v) is 3.06. The van der Waals surface area contributed by atoms with Crippen LogP contribution in [0.2, 0.25) is 0 Å². The summed E-state index contributed by atoms with van der Waals surface area (Å²) in [6.07, 6.45) is 2.83. The Labute approximate surface area is 102 Å². The van der Waals surface area contributed by atoms with E-state index in [-0.39, 0.29) is 6.61 Å². The van der Waals surface area contributed by atoms with Crippen LogP contribution in [0.5, 0.6) is 5.75 Å². The minimum atomic E-state index is 0.184. The van der Waals surface area contributed by atoms with Gasteiger partial charge in [0.15, 0.2) is 0 Å². The van der Waals surface area contributed by atoms with E-state index < -0.39 is 0 Å². The molecule has 0 radical (unpaired) electrons. The van der Waals surface area contributed by atoms with Gasteiger partial charge in [0.25, 0.3) is 0 Å². The number of nitrogens with zero attached hydrogens (tertiary/aromatic N) is 1. The van der Waals surface area contributed by atoms with Gasteiger partial charge in [-0.1, -0.05) is 0 Å². The first kappa shape index (κ1) is 12.0. The summed E-state index contributed by atoms with van der Waals surface area (Å²) in [4.78, 5) is 0. The van der Waals surface area contributed by atoms with E-state index in [9.17, 15) is 0 Å². The highest BCUT2D eigenvalue weighted by Gasteiger charge is 2.10. The number of hydrogen-bond donors (Lipinski definition) is 1. The molecule has 0 fully saturated rings. The highest BCUT2D eigenvalue weighted by Crippen LogP contribution is 2.28. The van der Waals surface area contributed by atoms with Crippen molar-refractivity contribution in [1.29, 1.82) is 0 Å². The van der Waals surface area contributed by atoms with Crippen LogP contribution in [0.1, 0.15) is 25.5 Å². The topological polar surface area (TPSA) is 34.4 Å². The average molecular weight is 233 g/mol. The van der Waals surface area contributed by atoms with E-state index >= 15 is 0 Å². The van der Waals surface area contributed by atoms with Crippen LogP contribution in [0.15, 0.2) is 24.4 Å². The van der Waals surface area contributed by atoms with Gasteiger partial charge in [0.1, 0.15) is 5.75 Å². The number of aliphatic hydroxyl groups excluding tert-OH is 1. The lowest BCUT2D eigenvalue weighted by molar-refractivity contribution is 0.300. The molecule has 1 heterocycles. The maximum Gasteiger partial charge on any atom is 0.120 e. The normalized spacial score (nSPS) is 11.4. The molecule has 0 aliphatic rings. The van der Waals surface area contributed by atoms with Crippen LogP contribution in [-0.4, -0.2) is 23.4 Å². The smallest absolute Gasteiger partial charge is 0.120 e. The van der Waals surface area contributed by atoms with Gasteiger partial charge in [-0.15, -0.1) is 0 Å². The molecule has 92 valence electrons. The molecule has 0 saturated heterocycles. The van der Waals surface area contributed by atoms with Gasteiger partial charge in [-0.2, -0.15) is 0 Å². The number of aromatic nitrogens is 1. The summed E-state index contributed by atoms with van der Waals surface area (Å²) in [6, 6.07) is 6.49. The average Bonchev–Trinajstić information content (AvgIpc) is 2.68. The Morgan fingerprint density at radius 2 is 2.12 bits per heavy atom. The minimum absolute atomic E-state index is 0.184. The predicted octanol–water partition coefficient (Wildman–Crippen LogP) is 2.77. The van der Waals surface area contributed by atoms with Crippen molar-refractivity contribution in [3.8, 4) is 5.75 Å². The summed E-state index contributed by atoms with van der Waals surface area (Å²) in [5.74, 6) is 0.869. The number of benzene rings is 1. The fourth-order valence-electron chi connectivity index (χ4n) is 2.18. The number of aliphatic hydroxyl groups is 1. The molecule has 0 saturated carbocycles. The second-order valence-electron chi connectivity index (χ2n) is 4.51. The standard InChI is InChI=1S/C14H19NO2/c1-10(2)15-9-11(6-7-16)13-5-4-12(17-3)8-14(13)15/h4-5,8-10,16H,6-7H2,1-3H3. The lowest BCUT2D eigenvalue weighted by Crippen LogP contribution is -1.98.